The average Bonchev–Trinajstić information content (AvgIpc) is 2.34. The number of esters is 1. The standard InChI is InChI=1S/C15H21ClO4Si/c1-5-20-14(19)15(13(17)18,10-21(2,3)4)11-7-6-8-12(16)9-11/h6-9H,5,10H2,1-4H3,(H,17,18). The molecular formula is C15H21ClO4Si. The summed E-state index contributed by atoms with van der Waals surface area (Å²) >= 11 is 5.97. The van der Waals surface area contributed by atoms with Crippen molar-refractivity contribution in [2.24, 2.45) is 0 Å². The fourth-order valence-corrected chi connectivity index (χ4v) is 4.66. The summed E-state index contributed by atoms with van der Waals surface area (Å²) in [5.74, 6) is -1.91. The predicted molar refractivity (Wildman–Crippen MR) is 85.6 cm³/mol. The van der Waals surface area contributed by atoms with Gasteiger partial charge in [0.15, 0.2) is 5.41 Å². The van der Waals surface area contributed by atoms with Crippen LogP contribution in [0.1, 0.15) is 12.5 Å². The molecule has 116 valence electrons. The highest BCUT2D eigenvalue weighted by Gasteiger charge is 2.51. The summed E-state index contributed by atoms with van der Waals surface area (Å²) in [6.07, 6.45) is 0. The van der Waals surface area contributed by atoms with Crippen molar-refractivity contribution >= 4 is 31.6 Å². The first-order valence-corrected chi connectivity index (χ1v) is 10.9. The average molecular weight is 329 g/mol. The van der Waals surface area contributed by atoms with Gasteiger partial charge in [0.1, 0.15) is 0 Å². The highest BCUT2D eigenvalue weighted by Crippen LogP contribution is 2.36. The molecule has 1 unspecified atom stereocenters. The van der Waals surface area contributed by atoms with Crippen molar-refractivity contribution in [3.8, 4) is 0 Å². The highest BCUT2D eigenvalue weighted by molar-refractivity contribution is 6.77. The molecule has 0 aliphatic carbocycles. The Morgan fingerprint density at radius 2 is 1.95 bits per heavy atom. The Kier molecular flexibility index (Phi) is 5.59. The fourth-order valence-electron chi connectivity index (χ4n) is 2.38. The van der Waals surface area contributed by atoms with Crippen LogP contribution in [0.25, 0.3) is 0 Å². The van der Waals surface area contributed by atoms with E-state index in [4.69, 9.17) is 16.3 Å². The van der Waals surface area contributed by atoms with E-state index in [2.05, 4.69) is 0 Å². The van der Waals surface area contributed by atoms with Crippen LogP contribution in [0.4, 0.5) is 0 Å². The zero-order valence-corrected chi connectivity index (χ0v) is 14.5. The van der Waals surface area contributed by atoms with Crippen LogP contribution in [-0.4, -0.2) is 31.7 Å². The third kappa shape index (κ3) is 4.08. The number of carboxylic acids is 1. The number of rotatable bonds is 6. The van der Waals surface area contributed by atoms with Gasteiger partial charge < -0.3 is 9.84 Å². The molecule has 0 aromatic heterocycles. The lowest BCUT2D eigenvalue weighted by molar-refractivity contribution is -0.160. The maximum Gasteiger partial charge on any atom is 0.327 e. The Labute approximate surface area is 131 Å². The normalized spacial score (nSPS) is 14.3. The van der Waals surface area contributed by atoms with E-state index in [1.165, 1.54) is 6.07 Å². The number of benzene rings is 1. The molecule has 1 aromatic carbocycles. The fraction of sp³-hybridized carbons (Fsp3) is 0.467. The molecule has 1 aromatic rings. The van der Waals surface area contributed by atoms with Crippen molar-refractivity contribution in [3.05, 3.63) is 34.9 Å². The molecule has 1 N–H and O–H groups in total. The molecule has 0 saturated carbocycles. The minimum absolute atomic E-state index is 0.139. The lowest BCUT2D eigenvalue weighted by atomic mass is 9.82. The quantitative estimate of drug-likeness (QED) is 0.492. The van der Waals surface area contributed by atoms with Crippen molar-refractivity contribution in [2.45, 2.75) is 38.0 Å². The number of carbonyl (C=O) groups excluding carboxylic acids is 1. The Balaban J connectivity index is 3.51. The van der Waals surface area contributed by atoms with E-state index in [1.807, 2.05) is 19.6 Å². The summed E-state index contributed by atoms with van der Waals surface area (Å²) in [7, 11) is -1.87. The summed E-state index contributed by atoms with van der Waals surface area (Å²) in [6.45, 7) is 7.87. The third-order valence-electron chi connectivity index (χ3n) is 3.10. The van der Waals surface area contributed by atoms with Gasteiger partial charge in [-0.15, -0.1) is 0 Å². The Morgan fingerprint density at radius 3 is 2.38 bits per heavy atom. The first-order valence-electron chi connectivity index (χ1n) is 6.80. The van der Waals surface area contributed by atoms with Crippen LogP contribution in [0.2, 0.25) is 30.7 Å². The van der Waals surface area contributed by atoms with Crippen LogP contribution in [0.5, 0.6) is 0 Å². The topological polar surface area (TPSA) is 63.6 Å². The summed E-state index contributed by atoms with van der Waals surface area (Å²) in [5.41, 5.74) is -1.31. The van der Waals surface area contributed by atoms with E-state index in [-0.39, 0.29) is 12.7 Å². The van der Waals surface area contributed by atoms with Gasteiger partial charge in [-0.2, -0.15) is 0 Å². The number of carboxylic acid groups (broad SMARTS) is 1. The molecule has 0 radical (unpaired) electrons. The lowest BCUT2D eigenvalue weighted by Crippen LogP contribution is -2.49. The predicted octanol–water partition coefficient (Wildman–Crippen LogP) is 3.56. The van der Waals surface area contributed by atoms with E-state index < -0.39 is 25.4 Å². The molecule has 0 amide bonds. The number of hydrogen-bond acceptors (Lipinski definition) is 3. The molecule has 1 rings (SSSR count). The van der Waals surface area contributed by atoms with Gasteiger partial charge in [-0.25, -0.2) is 0 Å². The molecule has 0 aliphatic rings. The van der Waals surface area contributed by atoms with E-state index in [1.54, 1.807) is 25.1 Å². The first kappa shape index (κ1) is 17.7. The van der Waals surface area contributed by atoms with E-state index in [9.17, 15) is 14.7 Å². The second kappa shape index (κ2) is 6.62. The second-order valence-corrected chi connectivity index (χ2v) is 12.1. The zero-order valence-electron chi connectivity index (χ0n) is 12.8. The van der Waals surface area contributed by atoms with Crippen LogP contribution < -0.4 is 0 Å². The maximum absolute atomic E-state index is 12.5. The number of carbonyl (C=O) groups is 2. The molecule has 1 atom stereocenters. The first-order chi connectivity index (χ1) is 9.63. The van der Waals surface area contributed by atoms with Crippen LogP contribution in [-0.2, 0) is 19.7 Å². The maximum atomic E-state index is 12.5. The van der Waals surface area contributed by atoms with Gasteiger partial charge in [-0.3, -0.25) is 9.59 Å². The van der Waals surface area contributed by atoms with Gasteiger partial charge in [0, 0.05) is 13.1 Å². The Morgan fingerprint density at radius 1 is 1.33 bits per heavy atom. The monoisotopic (exact) mass is 328 g/mol. The molecule has 21 heavy (non-hydrogen) atoms. The summed E-state index contributed by atoms with van der Waals surface area (Å²) in [5, 5.41) is 10.2. The second-order valence-electron chi connectivity index (χ2n) is 6.18. The summed E-state index contributed by atoms with van der Waals surface area (Å²) in [6, 6.07) is 6.72. The van der Waals surface area contributed by atoms with Crippen LogP contribution in [0.3, 0.4) is 0 Å². The van der Waals surface area contributed by atoms with Gasteiger partial charge in [0.25, 0.3) is 0 Å². The number of hydrogen-bond donors (Lipinski definition) is 1. The number of ether oxygens (including phenoxy) is 1. The molecule has 0 fully saturated rings. The van der Waals surface area contributed by atoms with Crippen molar-refractivity contribution in [3.63, 3.8) is 0 Å². The molecule has 0 saturated heterocycles. The zero-order chi connectivity index (χ0) is 16.3. The van der Waals surface area contributed by atoms with Gasteiger partial charge in [-0.1, -0.05) is 43.4 Å². The molecule has 0 bridgehead atoms. The molecule has 0 spiro atoms. The number of halogens is 1. The molecule has 0 heterocycles. The minimum Gasteiger partial charge on any atom is -0.480 e. The van der Waals surface area contributed by atoms with Crippen molar-refractivity contribution < 1.29 is 19.4 Å². The largest absolute Gasteiger partial charge is 0.480 e. The van der Waals surface area contributed by atoms with Gasteiger partial charge in [0.05, 0.1) is 6.61 Å². The lowest BCUT2D eigenvalue weighted by Gasteiger charge is -2.32. The van der Waals surface area contributed by atoms with Crippen molar-refractivity contribution in [1.29, 1.82) is 0 Å². The van der Waals surface area contributed by atoms with E-state index in [0.717, 1.165) is 0 Å². The summed E-state index contributed by atoms with van der Waals surface area (Å²) < 4.78 is 5.07. The van der Waals surface area contributed by atoms with Crippen LogP contribution in [0, 0.1) is 0 Å². The van der Waals surface area contributed by atoms with E-state index in [0.29, 0.717) is 10.6 Å². The van der Waals surface area contributed by atoms with Crippen molar-refractivity contribution in [2.75, 3.05) is 6.61 Å². The van der Waals surface area contributed by atoms with Crippen molar-refractivity contribution in [1.82, 2.24) is 0 Å². The molecule has 6 heteroatoms. The molecule has 4 nitrogen and oxygen atoms in total. The van der Waals surface area contributed by atoms with Crippen LogP contribution in [0.15, 0.2) is 24.3 Å². The smallest absolute Gasteiger partial charge is 0.327 e. The number of aliphatic carboxylic acids is 1. The minimum atomic E-state index is -1.87. The molecular weight excluding hydrogens is 308 g/mol. The SMILES string of the molecule is CCOC(=O)C(C[Si](C)(C)C)(C(=O)O)c1cccc(Cl)c1. The highest BCUT2D eigenvalue weighted by atomic mass is 35.5. The van der Waals surface area contributed by atoms with Gasteiger partial charge in [0.2, 0.25) is 0 Å². The Hall–Kier alpha value is -1.33. The Bertz CT molecular complexity index is 539. The molecule has 0 aliphatic heterocycles. The van der Waals surface area contributed by atoms with E-state index >= 15 is 0 Å². The summed E-state index contributed by atoms with van der Waals surface area (Å²) in [4.78, 5) is 24.5. The van der Waals surface area contributed by atoms with Gasteiger partial charge in [-0.05, 0) is 30.7 Å². The van der Waals surface area contributed by atoms with Crippen LogP contribution >= 0.6 is 11.6 Å². The third-order valence-corrected chi connectivity index (χ3v) is 4.93. The van der Waals surface area contributed by atoms with Gasteiger partial charge >= 0.3 is 11.9 Å².